The molecule has 0 heterocycles. The van der Waals surface area contributed by atoms with Crippen LogP contribution in [0.4, 0.5) is 0 Å². The van der Waals surface area contributed by atoms with Gasteiger partial charge in [-0.25, -0.2) is 4.79 Å². The minimum absolute atomic E-state index is 0.0973. The van der Waals surface area contributed by atoms with Crippen LogP contribution < -0.4 is 10.4 Å². The Morgan fingerprint density at radius 2 is 1.44 bits per heavy atom. The highest BCUT2D eigenvalue weighted by Gasteiger charge is 2.50. The van der Waals surface area contributed by atoms with Crippen LogP contribution in [-0.4, -0.2) is 39.2 Å². The van der Waals surface area contributed by atoms with Crippen molar-refractivity contribution in [3.8, 4) is 0 Å². The number of hydrogen-bond donors (Lipinski definition) is 1. The number of hydrogen-bond acceptors (Lipinski definition) is 4. The van der Waals surface area contributed by atoms with Crippen molar-refractivity contribution in [3.05, 3.63) is 60.7 Å². The average Bonchev–Trinajstić information content (AvgIpc) is 2.62. The maximum Gasteiger partial charge on any atom is 0.337 e. The van der Waals surface area contributed by atoms with Crippen LogP contribution in [0.15, 0.2) is 60.7 Å². The summed E-state index contributed by atoms with van der Waals surface area (Å²) in [6.07, 6.45) is -1.30. The topological polar surface area (TPSA) is 55.8 Å². The Kier molecular flexibility index (Phi) is 6.16. The summed E-state index contributed by atoms with van der Waals surface area (Å²) in [4.78, 5) is 11.6. The van der Waals surface area contributed by atoms with Crippen LogP contribution in [-0.2, 0) is 14.0 Å². The smallest absolute Gasteiger partial charge is 0.337 e. The van der Waals surface area contributed by atoms with Crippen molar-refractivity contribution >= 4 is 24.7 Å². The molecule has 0 unspecified atom stereocenters. The molecule has 0 bridgehead atoms. The Morgan fingerprint density at radius 1 is 1.00 bits per heavy atom. The lowest BCUT2D eigenvalue weighted by Crippen LogP contribution is -2.67. The van der Waals surface area contributed by atoms with Gasteiger partial charge in [-0.05, 0) is 15.4 Å². The minimum Gasteiger partial charge on any atom is -0.467 e. The van der Waals surface area contributed by atoms with E-state index in [0.717, 1.165) is 10.4 Å². The van der Waals surface area contributed by atoms with Gasteiger partial charge in [-0.15, -0.1) is 0 Å². The Labute approximate surface area is 150 Å². The van der Waals surface area contributed by atoms with E-state index in [1.165, 1.54) is 7.11 Å². The number of aliphatic hydroxyl groups is 1. The monoisotopic (exact) mass is 358 g/mol. The average molecular weight is 359 g/mol. The second-order valence-electron chi connectivity index (χ2n) is 7.01. The van der Waals surface area contributed by atoms with Crippen LogP contribution in [0.2, 0.25) is 5.04 Å². The van der Waals surface area contributed by atoms with Crippen molar-refractivity contribution in [1.29, 1.82) is 0 Å². The molecule has 0 aromatic heterocycles. The van der Waals surface area contributed by atoms with Crippen molar-refractivity contribution in [2.75, 3.05) is 13.7 Å². The first-order valence-corrected chi connectivity index (χ1v) is 10.2. The third kappa shape index (κ3) is 4.00. The van der Waals surface area contributed by atoms with Gasteiger partial charge in [-0.3, -0.25) is 0 Å². The zero-order chi connectivity index (χ0) is 18.5. The van der Waals surface area contributed by atoms with Crippen LogP contribution >= 0.6 is 0 Å². The van der Waals surface area contributed by atoms with Gasteiger partial charge in [-0.1, -0.05) is 81.4 Å². The zero-order valence-electron chi connectivity index (χ0n) is 15.2. The summed E-state index contributed by atoms with van der Waals surface area (Å²) in [5.74, 6) is -0.682. The summed E-state index contributed by atoms with van der Waals surface area (Å²) in [5.41, 5.74) is 0. The van der Waals surface area contributed by atoms with Gasteiger partial charge in [0.2, 0.25) is 0 Å². The molecule has 2 aromatic rings. The molecule has 1 N–H and O–H groups in total. The molecule has 0 radical (unpaired) electrons. The van der Waals surface area contributed by atoms with E-state index in [-0.39, 0.29) is 11.6 Å². The van der Waals surface area contributed by atoms with E-state index in [2.05, 4.69) is 49.8 Å². The molecule has 4 nitrogen and oxygen atoms in total. The lowest BCUT2D eigenvalue weighted by molar-refractivity contribution is -0.152. The maximum atomic E-state index is 11.6. The number of rotatable bonds is 6. The van der Waals surface area contributed by atoms with Crippen LogP contribution in [0.1, 0.15) is 20.8 Å². The molecule has 134 valence electrons. The highest BCUT2D eigenvalue weighted by atomic mass is 28.4. The summed E-state index contributed by atoms with van der Waals surface area (Å²) in [7, 11) is -1.48. The van der Waals surface area contributed by atoms with Crippen molar-refractivity contribution in [2.24, 2.45) is 0 Å². The Hall–Kier alpha value is -1.95. The molecule has 0 fully saturated rings. The van der Waals surface area contributed by atoms with Crippen LogP contribution in [0.25, 0.3) is 0 Å². The number of esters is 1. The molecule has 0 aliphatic rings. The lowest BCUT2D eigenvalue weighted by atomic mass is 10.2. The number of carbonyl (C=O) groups excluding carboxylic acids is 1. The normalized spacial score (nSPS) is 13.3. The number of benzene rings is 2. The largest absolute Gasteiger partial charge is 0.467 e. The lowest BCUT2D eigenvalue weighted by Gasteiger charge is -2.43. The van der Waals surface area contributed by atoms with E-state index in [4.69, 9.17) is 4.43 Å². The molecule has 0 saturated carbocycles. The third-order valence-electron chi connectivity index (χ3n) is 4.35. The molecule has 0 spiro atoms. The first-order chi connectivity index (χ1) is 11.8. The van der Waals surface area contributed by atoms with Crippen LogP contribution in [0, 0.1) is 0 Å². The molecule has 25 heavy (non-hydrogen) atoms. The number of ether oxygens (including phenoxy) is 1. The number of aliphatic hydroxyl groups excluding tert-OH is 1. The first-order valence-electron chi connectivity index (χ1n) is 8.34. The number of methoxy groups -OCH3 is 1. The van der Waals surface area contributed by atoms with E-state index >= 15 is 0 Å². The molecule has 0 saturated heterocycles. The Morgan fingerprint density at radius 3 is 1.80 bits per heavy atom. The van der Waals surface area contributed by atoms with Crippen molar-refractivity contribution in [1.82, 2.24) is 0 Å². The zero-order valence-corrected chi connectivity index (χ0v) is 16.2. The third-order valence-corrected chi connectivity index (χ3v) is 9.35. The summed E-state index contributed by atoms with van der Waals surface area (Å²) in [5, 5.41) is 12.1. The van der Waals surface area contributed by atoms with E-state index in [9.17, 15) is 9.90 Å². The molecule has 0 aliphatic carbocycles. The van der Waals surface area contributed by atoms with Gasteiger partial charge in [0.05, 0.1) is 13.7 Å². The second-order valence-corrected chi connectivity index (χ2v) is 11.3. The first kappa shape index (κ1) is 19.4. The van der Waals surface area contributed by atoms with Gasteiger partial charge in [0, 0.05) is 0 Å². The summed E-state index contributed by atoms with van der Waals surface area (Å²) in [6.45, 7) is 6.33. The summed E-state index contributed by atoms with van der Waals surface area (Å²) in [6, 6.07) is 20.2. The SMILES string of the molecule is COC(=O)[C@@H](O)CO[Si](c1ccccc1)(c1ccccc1)C(C)(C)C. The van der Waals surface area contributed by atoms with E-state index in [1.807, 2.05) is 36.4 Å². The maximum absolute atomic E-state index is 11.6. The Balaban J connectivity index is 2.55. The van der Waals surface area contributed by atoms with Gasteiger partial charge in [0.15, 0.2) is 6.10 Å². The molecule has 0 amide bonds. The van der Waals surface area contributed by atoms with Gasteiger partial charge in [0.25, 0.3) is 8.32 Å². The fourth-order valence-electron chi connectivity index (χ4n) is 3.17. The van der Waals surface area contributed by atoms with Gasteiger partial charge < -0.3 is 14.3 Å². The van der Waals surface area contributed by atoms with E-state index < -0.39 is 20.4 Å². The Bertz CT molecular complexity index is 640. The highest BCUT2D eigenvalue weighted by molar-refractivity contribution is 6.99. The van der Waals surface area contributed by atoms with Crippen molar-refractivity contribution < 1.29 is 19.1 Å². The molecule has 2 rings (SSSR count). The quantitative estimate of drug-likeness (QED) is 0.635. The highest BCUT2D eigenvalue weighted by Crippen LogP contribution is 2.36. The molecule has 2 aromatic carbocycles. The fourth-order valence-corrected chi connectivity index (χ4v) is 7.73. The van der Waals surface area contributed by atoms with Crippen molar-refractivity contribution in [3.63, 3.8) is 0 Å². The standard InChI is InChI=1S/C20H26O4Si/c1-20(2,3)25(16-11-7-5-8-12-16,17-13-9-6-10-14-17)24-15-18(21)19(22)23-4/h5-14,18,21H,15H2,1-4H3/t18-/m0/s1. The second kappa shape index (κ2) is 7.95. The van der Waals surface area contributed by atoms with Crippen LogP contribution in [0.3, 0.4) is 0 Å². The number of carbonyl (C=O) groups is 1. The molecular weight excluding hydrogens is 332 g/mol. The van der Waals surface area contributed by atoms with Gasteiger partial charge >= 0.3 is 5.97 Å². The molecular formula is C20H26O4Si. The molecule has 0 aliphatic heterocycles. The summed E-state index contributed by atoms with van der Waals surface area (Å²) < 4.78 is 11.1. The predicted octanol–water partition coefficient (Wildman–Crippen LogP) is 2.10. The van der Waals surface area contributed by atoms with Gasteiger partial charge in [-0.2, -0.15) is 0 Å². The van der Waals surface area contributed by atoms with E-state index in [1.54, 1.807) is 0 Å². The van der Waals surface area contributed by atoms with Crippen LogP contribution in [0.5, 0.6) is 0 Å². The molecule has 5 heteroatoms. The minimum atomic E-state index is -2.74. The predicted molar refractivity (Wildman–Crippen MR) is 102 cm³/mol. The van der Waals surface area contributed by atoms with Crippen molar-refractivity contribution in [2.45, 2.75) is 31.9 Å². The van der Waals surface area contributed by atoms with E-state index in [0.29, 0.717) is 0 Å². The summed E-state index contributed by atoms with van der Waals surface area (Å²) >= 11 is 0. The van der Waals surface area contributed by atoms with Gasteiger partial charge in [0.1, 0.15) is 0 Å². The fraction of sp³-hybridized carbons (Fsp3) is 0.350. The molecule has 1 atom stereocenters.